The van der Waals surface area contributed by atoms with Gasteiger partial charge in [-0.25, -0.2) is 9.13 Å². The van der Waals surface area contributed by atoms with Gasteiger partial charge in [0.05, 0.1) is 6.54 Å². The third kappa shape index (κ3) is 4.33. The zero-order chi connectivity index (χ0) is 17.9. The number of benzene rings is 2. The van der Waals surface area contributed by atoms with Crippen molar-refractivity contribution in [3.8, 4) is 11.3 Å². The first-order chi connectivity index (χ1) is 12.7. The number of imidazole rings is 1. The largest absolute Gasteiger partial charge is 1.00 e. The molecular weight excluding hydrogens is 424 g/mol. The molecule has 0 atom stereocenters. The monoisotopic (exact) mass is 444 g/mol. The lowest BCUT2D eigenvalue weighted by Gasteiger charge is -2.03. The number of rotatable bonds is 4. The Balaban J connectivity index is 0.00000210. The molecule has 2 heterocycles. The van der Waals surface area contributed by atoms with Crippen LogP contribution in [-0.4, -0.2) is 10.4 Å². The van der Waals surface area contributed by atoms with E-state index in [0.717, 1.165) is 13.0 Å². The van der Waals surface area contributed by atoms with Crippen molar-refractivity contribution < 1.29 is 26.3 Å². The van der Waals surface area contributed by atoms with Gasteiger partial charge in [-0.3, -0.25) is 4.79 Å². The molecule has 0 unspecified atom stereocenters. The summed E-state index contributed by atoms with van der Waals surface area (Å²) in [5.41, 5.74) is 3.11. The predicted molar refractivity (Wildman–Crippen MR) is 103 cm³/mol. The van der Waals surface area contributed by atoms with E-state index in [9.17, 15) is 4.79 Å². The molecule has 3 aromatic rings. The van der Waals surface area contributed by atoms with Crippen molar-refractivity contribution >= 4 is 17.4 Å². The summed E-state index contributed by atoms with van der Waals surface area (Å²) >= 11 is 5.94. The van der Waals surface area contributed by atoms with Gasteiger partial charge >= 0.3 is 0 Å². The highest BCUT2D eigenvalue weighted by Gasteiger charge is 2.27. The van der Waals surface area contributed by atoms with E-state index in [2.05, 4.69) is 39.6 Å². The van der Waals surface area contributed by atoms with Crippen molar-refractivity contribution in [1.82, 2.24) is 4.57 Å². The smallest absolute Gasteiger partial charge is 0.257 e. The summed E-state index contributed by atoms with van der Waals surface area (Å²) in [6, 6.07) is 17.6. The summed E-state index contributed by atoms with van der Waals surface area (Å²) in [4.78, 5) is 12.8. The van der Waals surface area contributed by atoms with Gasteiger partial charge in [-0.1, -0.05) is 41.9 Å². The lowest BCUT2D eigenvalue weighted by atomic mass is 10.1. The fourth-order valence-electron chi connectivity index (χ4n) is 3.70. The van der Waals surface area contributed by atoms with Crippen LogP contribution in [0.15, 0.2) is 60.8 Å². The molecule has 3 nitrogen and oxygen atoms in total. The van der Waals surface area contributed by atoms with Gasteiger partial charge in [0.1, 0.15) is 6.20 Å². The van der Waals surface area contributed by atoms with E-state index in [1.807, 2.05) is 6.07 Å². The molecule has 0 saturated carbocycles. The maximum absolute atomic E-state index is 12.8. The van der Waals surface area contributed by atoms with Gasteiger partial charge in [0.15, 0.2) is 12.2 Å². The average molecular weight is 446 g/mol. The van der Waals surface area contributed by atoms with E-state index in [-0.39, 0.29) is 22.8 Å². The van der Waals surface area contributed by atoms with Crippen LogP contribution in [0, 0.1) is 0 Å². The highest BCUT2D eigenvalue weighted by molar-refractivity contribution is 6.30. The van der Waals surface area contributed by atoms with Gasteiger partial charge in [0, 0.05) is 22.6 Å². The number of carbonyl (C=O) groups excluding carboxylic acids is 1. The Kier molecular flexibility index (Phi) is 6.51. The van der Waals surface area contributed by atoms with E-state index in [1.165, 1.54) is 36.3 Å². The second kappa shape index (κ2) is 8.85. The van der Waals surface area contributed by atoms with Gasteiger partial charge in [0.25, 0.3) is 5.82 Å². The van der Waals surface area contributed by atoms with Crippen LogP contribution in [0.2, 0.25) is 5.02 Å². The number of hydrogen-bond donors (Lipinski definition) is 0. The third-order valence-corrected chi connectivity index (χ3v) is 5.30. The Morgan fingerprint density at radius 2 is 1.74 bits per heavy atom. The minimum absolute atomic E-state index is 0. The molecule has 27 heavy (non-hydrogen) atoms. The second-order valence-corrected chi connectivity index (χ2v) is 7.25. The summed E-state index contributed by atoms with van der Waals surface area (Å²) in [6.07, 6.45) is 6.76. The van der Waals surface area contributed by atoms with Gasteiger partial charge in [-0.15, -0.1) is 0 Å². The topological polar surface area (TPSA) is 25.9 Å². The van der Waals surface area contributed by atoms with Crippen LogP contribution in [0.3, 0.4) is 0 Å². The predicted octanol–water partition coefficient (Wildman–Crippen LogP) is 1.71. The zero-order valence-electron chi connectivity index (χ0n) is 15.1. The minimum Gasteiger partial charge on any atom is -1.00 e. The van der Waals surface area contributed by atoms with Crippen LogP contribution in [0.1, 0.15) is 35.4 Å². The molecule has 140 valence electrons. The van der Waals surface area contributed by atoms with E-state index >= 15 is 0 Å². The standard InChI is InChI=1S/C22H22ClN2O.BrH/c23-19-12-10-18(11-13-19)21(26)16-24-15-20(17-7-3-1-4-8-17)25-14-6-2-5-9-22(24)25;/h1,3-4,7-8,10-13,15H,2,5-6,9,14,16H2;1H/q+1;/p-1. The van der Waals surface area contributed by atoms with Crippen LogP contribution in [-0.2, 0) is 19.5 Å². The van der Waals surface area contributed by atoms with Crippen LogP contribution in [0.25, 0.3) is 11.3 Å². The molecule has 0 amide bonds. The quantitative estimate of drug-likeness (QED) is 0.443. The SMILES string of the molecule is O=C(C[n+]1cc(-c2ccccc2)n2c1CCCCC2)c1ccc(Cl)cc1.[Br-]. The summed E-state index contributed by atoms with van der Waals surface area (Å²) in [6.45, 7) is 1.38. The molecule has 2 aromatic carbocycles. The normalized spacial score (nSPS) is 13.4. The fraction of sp³-hybridized carbons (Fsp3) is 0.273. The van der Waals surface area contributed by atoms with Gasteiger partial charge in [-0.05, 0) is 43.5 Å². The summed E-state index contributed by atoms with van der Waals surface area (Å²) < 4.78 is 4.54. The zero-order valence-corrected chi connectivity index (χ0v) is 17.4. The second-order valence-electron chi connectivity index (χ2n) is 6.82. The Labute approximate surface area is 175 Å². The number of fused-ring (bicyclic) bond motifs is 1. The molecule has 5 heteroatoms. The third-order valence-electron chi connectivity index (χ3n) is 5.04. The van der Waals surface area contributed by atoms with Crippen molar-refractivity contribution in [2.45, 2.75) is 38.8 Å². The number of halogens is 2. The lowest BCUT2D eigenvalue weighted by Crippen LogP contribution is -3.00. The molecule has 0 fully saturated rings. The van der Waals surface area contributed by atoms with E-state index in [0.29, 0.717) is 17.1 Å². The van der Waals surface area contributed by atoms with Gasteiger partial charge < -0.3 is 17.0 Å². The first-order valence-corrected chi connectivity index (χ1v) is 9.56. The van der Waals surface area contributed by atoms with Gasteiger partial charge in [0.2, 0.25) is 5.78 Å². The first-order valence-electron chi connectivity index (χ1n) is 9.18. The maximum atomic E-state index is 12.8. The highest BCUT2D eigenvalue weighted by Crippen LogP contribution is 2.24. The molecule has 0 radical (unpaired) electrons. The number of aromatic nitrogens is 2. The minimum atomic E-state index is 0. The van der Waals surface area contributed by atoms with Crippen LogP contribution >= 0.6 is 11.6 Å². The van der Waals surface area contributed by atoms with Crippen LogP contribution < -0.4 is 21.5 Å². The van der Waals surface area contributed by atoms with Crippen LogP contribution in [0.4, 0.5) is 0 Å². The molecule has 0 aliphatic carbocycles. The van der Waals surface area contributed by atoms with Crippen molar-refractivity contribution in [2.24, 2.45) is 0 Å². The van der Waals surface area contributed by atoms with E-state index in [1.54, 1.807) is 24.3 Å². The van der Waals surface area contributed by atoms with Crippen molar-refractivity contribution in [3.05, 3.63) is 77.2 Å². The molecule has 0 spiro atoms. The highest BCUT2D eigenvalue weighted by atomic mass is 79.9. The number of Topliss-reactive ketones (excluding diaryl/α,β-unsaturated/α-hetero) is 1. The molecule has 0 N–H and O–H groups in total. The van der Waals surface area contributed by atoms with Gasteiger partial charge in [-0.2, -0.15) is 0 Å². The molecule has 4 rings (SSSR count). The number of ketones is 1. The number of carbonyl (C=O) groups is 1. The molecule has 1 aliphatic rings. The Bertz CT molecular complexity index is 919. The Morgan fingerprint density at radius 1 is 1.00 bits per heavy atom. The first kappa shape index (κ1) is 19.8. The fourth-order valence-corrected chi connectivity index (χ4v) is 3.83. The summed E-state index contributed by atoms with van der Waals surface area (Å²) in [7, 11) is 0. The summed E-state index contributed by atoms with van der Waals surface area (Å²) in [5.74, 6) is 1.37. The number of nitrogens with zero attached hydrogens (tertiary/aromatic N) is 2. The van der Waals surface area contributed by atoms with Crippen molar-refractivity contribution in [3.63, 3.8) is 0 Å². The summed E-state index contributed by atoms with van der Waals surface area (Å²) in [5, 5.41) is 0.651. The van der Waals surface area contributed by atoms with E-state index in [4.69, 9.17) is 11.6 Å². The molecular formula is C22H22BrClN2O. The van der Waals surface area contributed by atoms with Crippen molar-refractivity contribution in [1.29, 1.82) is 0 Å². The Morgan fingerprint density at radius 3 is 2.48 bits per heavy atom. The van der Waals surface area contributed by atoms with Crippen molar-refractivity contribution in [2.75, 3.05) is 0 Å². The van der Waals surface area contributed by atoms with E-state index < -0.39 is 0 Å². The number of hydrogen-bond acceptors (Lipinski definition) is 1. The maximum Gasteiger partial charge on any atom is 0.257 e. The lowest BCUT2D eigenvalue weighted by molar-refractivity contribution is -0.690. The van der Waals surface area contributed by atoms with Crippen LogP contribution in [0.5, 0.6) is 0 Å². The molecule has 0 saturated heterocycles. The Hall–Kier alpha value is -1.91. The molecule has 0 bridgehead atoms. The molecule has 1 aromatic heterocycles. The molecule has 1 aliphatic heterocycles. The average Bonchev–Trinajstić information content (AvgIpc) is 2.84.